The van der Waals surface area contributed by atoms with Gasteiger partial charge in [0.15, 0.2) is 0 Å². The maximum Gasteiger partial charge on any atom is 0.573 e. The van der Waals surface area contributed by atoms with Crippen LogP contribution in [0.5, 0.6) is 11.5 Å². The van der Waals surface area contributed by atoms with Crippen LogP contribution < -0.4 is 14.4 Å². The molecular formula is C28H28F4N2O6. The average Bonchev–Trinajstić information content (AvgIpc) is 3.61. The van der Waals surface area contributed by atoms with Gasteiger partial charge in [-0.3, -0.25) is 14.4 Å². The second kappa shape index (κ2) is 10.6. The zero-order chi connectivity index (χ0) is 28.8. The van der Waals surface area contributed by atoms with Crippen molar-refractivity contribution in [3.05, 3.63) is 53.3 Å². The highest BCUT2D eigenvalue weighted by molar-refractivity contribution is 6.09. The molecule has 2 aromatic rings. The largest absolute Gasteiger partial charge is 0.573 e. The minimum absolute atomic E-state index is 0.00739. The molecule has 0 unspecified atom stereocenters. The Balaban J connectivity index is 1.56. The minimum Gasteiger partial charge on any atom is -0.496 e. The molecule has 12 heteroatoms. The van der Waals surface area contributed by atoms with Crippen molar-refractivity contribution < 1.29 is 46.5 Å². The minimum atomic E-state index is -4.92. The van der Waals surface area contributed by atoms with Crippen molar-refractivity contribution in [3.8, 4) is 11.5 Å². The second-order valence-electron chi connectivity index (χ2n) is 10.3. The maximum absolute atomic E-state index is 14.7. The van der Waals surface area contributed by atoms with Crippen LogP contribution in [0.15, 0.2) is 36.4 Å². The number of carbonyl (C=O) groups is 3. The van der Waals surface area contributed by atoms with Gasteiger partial charge in [0, 0.05) is 41.7 Å². The number of hydrogen-bond acceptors (Lipinski definition) is 5. The van der Waals surface area contributed by atoms with Crippen molar-refractivity contribution in [2.75, 3.05) is 12.0 Å². The molecule has 3 aliphatic rings. The Kier molecular flexibility index (Phi) is 7.36. The first-order valence-electron chi connectivity index (χ1n) is 13.1. The first-order chi connectivity index (χ1) is 19.0. The van der Waals surface area contributed by atoms with E-state index in [0.29, 0.717) is 24.1 Å². The van der Waals surface area contributed by atoms with Crippen LogP contribution in [-0.2, 0) is 9.59 Å². The summed E-state index contributed by atoms with van der Waals surface area (Å²) in [6.07, 6.45) is -1.93. The van der Waals surface area contributed by atoms with Crippen molar-refractivity contribution in [3.63, 3.8) is 0 Å². The zero-order valence-corrected chi connectivity index (χ0v) is 21.6. The van der Waals surface area contributed by atoms with Gasteiger partial charge in [-0.05, 0) is 56.0 Å². The lowest BCUT2D eigenvalue weighted by Gasteiger charge is -2.48. The summed E-state index contributed by atoms with van der Waals surface area (Å²) in [5.41, 5.74) is 0.852. The number of hydrogen-bond donors (Lipinski definition) is 1. The van der Waals surface area contributed by atoms with Gasteiger partial charge in [-0.15, -0.1) is 13.2 Å². The fourth-order valence-electron chi connectivity index (χ4n) is 6.12. The number of ether oxygens (including phenoxy) is 2. The van der Waals surface area contributed by atoms with Gasteiger partial charge in [-0.25, -0.2) is 4.39 Å². The highest BCUT2D eigenvalue weighted by atomic mass is 19.4. The Morgan fingerprint density at radius 1 is 1.05 bits per heavy atom. The van der Waals surface area contributed by atoms with E-state index in [0.717, 1.165) is 31.4 Å². The number of alkyl halides is 3. The number of anilines is 1. The van der Waals surface area contributed by atoms with E-state index in [1.165, 1.54) is 36.3 Å². The van der Waals surface area contributed by atoms with Gasteiger partial charge in [-0.2, -0.15) is 0 Å². The number of fused-ring (bicyclic) bond motifs is 2. The van der Waals surface area contributed by atoms with Gasteiger partial charge in [0.1, 0.15) is 17.3 Å². The molecule has 1 N–H and O–H groups in total. The fourth-order valence-corrected chi connectivity index (χ4v) is 6.12. The smallest absolute Gasteiger partial charge is 0.496 e. The maximum atomic E-state index is 14.7. The molecule has 3 atom stereocenters. The Morgan fingerprint density at radius 2 is 1.80 bits per heavy atom. The number of carbonyl (C=O) groups excluding carboxylic acids is 2. The molecule has 2 saturated carbocycles. The van der Waals surface area contributed by atoms with Crippen molar-refractivity contribution in [1.29, 1.82) is 0 Å². The first kappa shape index (κ1) is 27.7. The SMILES string of the molecule is COc1cc(OC(F)(F)F)ccc1C(=O)N1c2ccc(F)cc2[C@H](N(C(=O)CCC(=O)O)C2CC2)[C@@H]2CCC[C@@H]21. The average molecular weight is 565 g/mol. The molecule has 1 aliphatic heterocycles. The normalized spacial score (nSPS) is 21.8. The highest BCUT2D eigenvalue weighted by Crippen LogP contribution is 2.53. The van der Waals surface area contributed by atoms with Crippen molar-refractivity contribution in [1.82, 2.24) is 4.90 Å². The number of benzene rings is 2. The summed E-state index contributed by atoms with van der Waals surface area (Å²) >= 11 is 0. The van der Waals surface area contributed by atoms with E-state index in [4.69, 9.17) is 9.84 Å². The predicted molar refractivity (Wildman–Crippen MR) is 133 cm³/mol. The third-order valence-corrected chi connectivity index (χ3v) is 7.77. The summed E-state index contributed by atoms with van der Waals surface area (Å²) in [4.78, 5) is 41.8. The van der Waals surface area contributed by atoms with E-state index in [9.17, 15) is 31.9 Å². The summed E-state index contributed by atoms with van der Waals surface area (Å²) in [6, 6.07) is 6.22. The first-order valence-corrected chi connectivity index (χ1v) is 13.1. The van der Waals surface area contributed by atoms with E-state index in [1.54, 1.807) is 4.90 Å². The van der Waals surface area contributed by atoms with Crippen LogP contribution in [0.4, 0.5) is 23.2 Å². The number of halogens is 4. The van der Waals surface area contributed by atoms with Crippen molar-refractivity contribution in [2.45, 2.75) is 69.4 Å². The van der Waals surface area contributed by atoms with Crippen LogP contribution in [0.2, 0.25) is 0 Å². The van der Waals surface area contributed by atoms with Crippen LogP contribution in [-0.4, -0.2) is 53.3 Å². The molecule has 0 spiro atoms. The Bertz CT molecular complexity index is 1330. The summed E-state index contributed by atoms with van der Waals surface area (Å²) < 4.78 is 62.2. The van der Waals surface area contributed by atoms with Crippen LogP contribution in [0.1, 0.15) is 66.9 Å². The Hall–Kier alpha value is -3.83. The lowest BCUT2D eigenvalue weighted by atomic mass is 9.81. The lowest BCUT2D eigenvalue weighted by molar-refractivity contribution is -0.274. The molecule has 40 heavy (non-hydrogen) atoms. The van der Waals surface area contributed by atoms with Gasteiger partial charge in [-0.1, -0.05) is 6.42 Å². The molecule has 5 rings (SSSR count). The molecule has 0 aromatic heterocycles. The molecule has 1 heterocycles. The molecule has 214 valence electrons. The number of carboxylic acid groups (broad SMARTS) is 1. The van der Waals surface area contributed by atoms with Gasteiger partial charge in [0.2, 0.25) is 5.91 Å². The number of nitrogens with zero attached hydrogens (tertiary/aromatic N) is 2. The van der Waals surface area contributed by atoms with E-state index < -0.39 is 35.8 Å². The molecule has 0 radical (unpaired) electrons. The van der Waals surface area contributed by atoms with Gasteiger partial charge in [0.05, 0.1) is 25.1 Å². The molecule has 8 nitrogen and oxygen atoms in total. The van der Waals surface area contributed by atoms with Crippen LogP contribution in [0, 0.1) is 11.7 Å². The number of amides is 2. The molecule has 0 saturated heterocycles. The number of rotatable bonds is 8. The van der Waals surface area contributed by atoms with Crippen molar-refractivity contribution in [2.24, 2.45) is 5.92 Å². The summed E-state index contributed by atoms with van der Waals surface area (Å²) in [5, 5.41) is 9.13. The summed E-state index contributed by atoms with van der Waals surface area (Å²) in [7, 11) is 1.23. The molecule has 2 amide bonds. The third kappa shape index (κ3) is 5.44. The van der Waals surface area contributed by atoms with E-state index in [2.05, 4.69) is 4.74 Å². The molecule has 2 fully saturated rings. The monoisotopic (exact) mass is 564 g/mol. The molecule has 0 bridgehead atoms. The molecule has 2 aromatic carbocycles. The van der Waals surface area contributed by atoms with E-state index in [-0.39, 0.29) is 48.1 Å². The summed E-state index contributed by atoms with van der Waals surface area (Å²) in [5.74, 6) is -3.39. The highest BCUT2D eigenvalue weighted by Gasteiger charge is 2.51. The van der Waals surface area contributed by atoms with Crippen molar-refractivity contribution >= 4 is 23.5 Å². The fraction of sp³-hybridized carbons (Fsp3) is 0.464. The predicted octanol–water partition coefficient (Wildman–Crippen LogP) is 5.46. The zero-order valence-electron chi connectivity index (χ0n) is 21.6. The quantitative estimate of drug-likeness (QED) is 0.428. The Labute approximate surface area is 227 Å². The van der Waals surface area contributed by atoms with E-state index in [1.807, 2.05) is 0 Å². The summed E-state index contributed by atoms with van der Waals surface area (Å²) in [6.45, 7) is 0. The van der Waals surface area contributed by atoms with Crippen LogP contribution in [0.3, 0.4) is 0 Å². The van der Waals surface area contributed by atoms with Gasteiger partial charge in [0.25, 0.3) is 5.91 Å². The molecule has 2 aliphatic carbocycles. The second-order valence-corrected chi connectivity index (χ2v) is 10.3. The number of methoxy groups -OCH3 is 1. The van der Waals surface area contributed by atoms with Gasteiger partial charge < -0.3 is 24.4 Å². The van der Waals surface area contributed by atoms with Gasteiger partial charge >= 0.3 is 12.3 Å². The molecular weight excluding hydrogens is 536 g/mol. The van der Waals surface area contributed by atoms with Crippen LogP contribution >= 0.6 is 0 Å². The standard InChI is InChI=1S/C28H28F4N2O6/c1-39-23-14-17(40-28(30,31)32)8-9-19(23)27(38)34-21-4-2-3-18(21)26(20-13-15(29)5-10-22(20)34)33(16-6-7-16)24(35)11-12-25(36)37/h5,8-10,13-14,16,18,21,26H,2-4,6-7,11-12H2,1H3,(H,36,37)/t18-,21+,26-/m1/s1. The topological polar surface area (TPSA) is 96.4 Å². The van der Waals surface area contributed by atoms with Crippen LogP contribution in [0.25, 0.3) is 0 Å². The lowest BCUT2D eigenvalue weighted by Crippen LogP contribution is -2.53. The Morgan fingerprint density at radius 3 is 2.45 bits per heavy atom. The third-order valence-electron chi connectivity index (χ3n) is 7.77. The number of carboxylic acids is 1. The van der Waals surface area contributed by atoms with E-state index >= 15 is 0 Å². The number of aliphatic carboxylic acids is 1.